The van der Waals surface area contributed by atoms with Gasteiger partial charge in [-0.3, -0.25) is 5.10 Å². The predicted molar refractivity (Wildman–Crippen MR) is 118 cm³/mol. The van der Waals surface area contributed by atoms with Crippen LogP contribution in [0.25, 0.3) is 16.6 Å². The van der Waals surface area contributed by atoms with E-state index < -0.39 is 12.5 Å². The van der Waals surface area contributed by atoms with Crippen molar-refractivity contribution in [2.75, 3.05) is 23.3 Å². The monoisotopic (exact) mass is 425 g/mol. The molecule has 0 bridgehead atoms. The molecule has 7 nitrogen and oxygen atoms in total. The fourth-order valence-electron chi connectivity index (χ4n) is 4.53. The molecule has 0 saturated carbocycles. The summed E-state index contributed by atoms with van der Waals surface area (Å²) in [6, 6.07) is 5.96. The van der Waals surface area contributed by atoms with E-state index in [-0.39, 0.29) is 5.65 Å². The van der Waals surface area contributed by atoms with Crippen molar-refractivity contribution in [2.45, 2.75) is 39.5 Å². The molecular formula is C22H25F2N7. The highest BCUT2D eigenvalue weighted by Gasteiger charge is 2.23. The summed E-state index contributed by atoms with van der Waals surface area (Å²) in [6.45, 7) is 7.19. The second-order valence-corrected chi connectivity index (χ2v) is 8.42. The Balaban J connectivity index is 1.52. The zero-order chi connectivity index (χ0) is 21.7. The van der Waals surface area contributed by atoms with Gasteiger partial charge >= 0.3 is 0 Å². The standard InChI is InChI=1S/C22H25F2N7/c1-12-8-30(9-13(2)25-12)17-4-15(7-23)20-19(6-17)28-29-21(20)27-16-5-18(24)22-26-14(3)10-31(22)11-16/h4-6,10-13,25H,7-9H2,1-3H3,(H2,27,28,29)/t12-,13-/m0/s1. The molecule has 1 aromatic carbocycles. The molecule has 5 rings (SSSR count). The Morgan fingerprint density at radius 1 is 1.16 bits per heavy atom. The third-order valence-corrected chi connectivity index (χ3v) is 5.69. The number of nitrogens with one attached hydrogen (secondary N) is 3. The molecule has 31 heavy (non-hydrogen) atoms. The number of hydrogen-bond acceptors (Lipinski definition) is 5. The Kier molecular flexibility index (Phi) is 4.77. The smallest absolute Gasteiger partial charge is 0.173 e. The molecule has 0 aliphatic carbocycles. The minimum Gasteiger partial charge on any atom is -0.368 e. The van der Waals surface area contributed by atoms with E-state index in [9.17, 15) is 8.78 Å². The van der Waals surface area contributed by atoms with Crippen molar-refractivity contribution in [3.05, 3.63) is 47.7 Å². The first kappa shape index (κ1) is 19.7. The van der Waals surface area contributed by atoms with E-state index in [0.29, 0.717) is 34.5 Å². The van der Waals surface area contributed by atoms with Gasteiger partial charge in [-0.1, -0.05) is 0 Å². The van der Waals surface area contributed by atoms with Gasteiger partial charge in [0.25, 0.3) is 0 Å². The van der Waals surface area contributed by atoms with E-state index >= 15 is 0 Å². The van der Waals surface area contributed by atoms with Crippen LogP contribution < -0.4 is 15.5 Å². The first-order chi connectivity index (χ1) is 14.9. The summed E-state index contributed by atoms with van der Waals surface area (Å²) in [5, 5.41) is 14.7. The molecule has 0 radical (unpaired) electrons. The number of aryl methyl sites for hydroxylation is 1. The number of alkyl halides is 1. The number of hydrogen-bond donors (Lipinski definition) is 3. The number of nitrogens with zero attached hydrogens (tertiary/aromatic N) is 4. The van der Waals surface area contributed by atoms with Crippen LogP contribution in [0, 0.1) is 12.7 Å². The van der Waals surface area contributed by atoms with E-state index in [4.69, 9.17) is 0 Å². The van der Waals surface area contributed by atoms with Crippen molar-refractivity contribution in [1.82, 2.24) is 24.9 Å². The van der Waals surface area contributed by atoms with Crippen LogP contribution in [0.4, 0.5) is 26.0 Å². The van der Waals surface area contributed by atoms with Gasteiger partial charge in [0.15, 0.2) is 17.3 Å². The number of pyridine rings is 1. The van der Waals surface area contributed by atoms with Crippen molar-refractivity contribution >= 4 is 33.7 Å². The summed E-state index contributed by atoms with van der Waals surface area (Å²) >= 11 is 0. The SMILES string of the molecule is Cc1cn2cc(Nc3n[nH]c4cc(N5C[C@H](C)N[C@@H](C)C5)cc(CF)c34)cc(F)c2n1. The Hall–Kier alpha value is -3.20. The third kappa shape index (κ3) is 3.59. The van der Waals surface area contributed by atoms with Crippen LogP contribution in [-0.4, -0.2) is 44.8 Å². The molecule has 1 fully saturated rings. The maximum Gasteiger partial charge on any atom is 0.173 e. The van der Waals surface area contributed by atoms with Crippen LogP contribution in [0.1, 0.15) is 25.1 Å². The fraction of sp³-hybridized carbons (Fsp3) is 0.364. The van der Waals surface area contributed by atoms with Crippen molar-refractivity contribution in [2.24, 2.45) is 0 Å². The predicted octanol–water partition coefficient (Wildman–Crippen LogP) is 4.06. The van der Waals surface area contributed by atoms with E-state index in [1.165, 1.54) is 6.07 Å². The number of fused-ring (bicyclic) bond motifs is 2. The second kappa shape index (κ2) is 7.49. The molecule has 162 valence electrons. The first-order valence-corrected chi connectivity index (χ1v) is 10.4. The molecule has 0 unspecified atom stereocenters. The van der Waals surface area contributed by atoms with Crippen molar-refractivity contribution in [3.63, 3.8) is 0 Å². The molecule has 1 saturated heterocycles. The second-order valence-electron chi connectivity index (χ2n) is 8.42. The van der Waals surface area contributed by atoms with Gasteiger partial charge in [-0.25, -0.2) is 13.8 Å². The molecular weight excluding hydrogens is 400 g/mol. The van der Waals surface area contributed by atoms with Crippen molar-refractivity contribution < 1.29 is 8.78 Å². The van der Waals surface area contributed by atoms with Crippen LogP contribution in [0.15, 0.2) is 30.6 Å². The lowest BCUT2D eigenvalue weighted by atomic mass is 10.1. The molecule has 1 aliphatic rings. The lowest BCUT2D eigenvalue weighted by Crippen LogP contribution is -2.54. The Morgan fingerprint density at radius 3 is 2.68 bits per heavy atom. The van der Waals surface area contributed by atoms with Crippen molar-refractivity contribution in [3.8, 4) is 0 Å². The number of H-pyrrole nitrogens is 1. The molecule has 4 heterocycles. The summed E-state index contributed by atoms with van der Waals surface area (Å²) in [5.41, 5.74) is 3.76. The quantitative estimate of drug-likeness (QED) is 0.460. The number of halogens is 2. The zero-order valence-corrected chi connectivity index (χ0v) is 17.7. The molecule has 9 heteroatoms. The number of anilines is 3. The van der Waals surface area contributed by atoms with Crippen LogP contribution in [0.2, 0.25) is 0 Å². The van der Waals surface area contributed by atoms with Crippen LogP contribution in [-0.2, 0) is 6.67 Å². The van der Waals surface area contributed by atoms with Gasteiger partial charge in [0.1, 0.15) is 6.67 Å². The van der Waals surface area contributed by atoms with Crippen LogP contribution in [0.3, 0.4) is 0 Å². The zero-order valence-electron chi connectivity index (χ0n) is 17.7. The van der Waals surface area contributed by atoms with E-state index in [2.05, 4.69) is 44.6 Å². The van der Waals surface area contributed by atoms with Gasteiger partial charge in [0.2, 0.25) is 0 Å². The normalized spacial score (nSPS) is 19.5. The maximum absolute atomic E-state index is 14.4. The van der Waals surface area contributed by atoms with Gasteiger partial charge in [-0.05, 0) is 38.5 Å². The largest absolute Gasteiger partial charge is 0.368 e. The summed E-state index contributed by atoms with van der Waals surface area (Å²) < 4.78 is 30.1. The van der Waals surface area contributed by atoms with E-state index in [1.807, 2.05) is 19.1 Å². The minimum atomic E-state index is -0.621. The molecule has 4 aromatic rings. The maximum atomic E-state index is 14.4. The molecule has 0 spiro atoms. The van der Waals surface area contributed by atoms with Crippen LogP contribution in [0.5, 0.6) is 0 Å². The highest BCUT2D eigenvalue weighted by Crippen LogP contribution is 2.33. The summed E-state index contributed by atoms with van der Waals surface area (Å²) in [5.74, 6) is 0.0275. The molecule has 1 aliphatic heterocycles. The molecule has 3 aromatic heterocycles. The summed E-state index contributed by atoms with van der Waals surface area (Å²) in [7, 11) is 0. The fourth-order valence-corrected chi connectivity index (χ4v) is 4.53. The Morgan fingerprint density at radius 2 is 1.94 bits per heavy atom. The summed E-state index contributed by atoms with van der Waals surface area (Å²) in [4.78, 5) is 6.44. The lowest BCUT2D eigenvalue weighted by molar-refractivity contribution is 0.407. The molecule has 3 N–H and O–H groups in total. The van der Waals surface area contributed by atoms with Gasteiger partial charge < -0.3 is 19.9 Å². The average molecular weight is 425 g/mol. The average Bonchev–Trinajstić information content (AvgIpc) is 3.30. The van der Waals surface area contributed by atoms with Crippen LogP contribution >= 0.6 is 0 Å². The van der Waals surface area contributed by atoms with Crippen molar-refractivity contribution in [1.29, 1.82) is 0 Å². The Labute approximate surface area is 178 Å². The molecule has 2 atom stereocenters. The van der Waals surface area contributed by atoms with Gasteiger partial charge in [0, 0.05) is 49.3 Å². The number of piperazine rings is 1. The Bertz CT molecular complexity index is 1250. The number of benzene rings is 1. The number of rotatable bonds is 4. The van der Waals surface area contributed by atoms with Gasteiger partial charge in [-0.15, -0.1) is 0 Å². The van der Waals surface area contributed by atoms with E-state index in [0.717, 1.165) is 30.0 Å². The lowest BCUT2D eigenvalue weighted by Gasteiger charge is -2.37. The van der Waals surface area contributed by atoms with Gasteiger partial charge in [0.05, 0.1) is 22.3 Å². The minimum absolute atomic E-state index is 0.267. The highest BCUT2D eigenvalue weighted by molar-refractivity contribution is 5.96. The van der Waals surface area contributed by atoms with Gasteiger partial charge in [-0.2, -0.15) is 5.10 Å². The number of aromatic nitrogens is 4. The topological polar surface area (TPSA) is 73.3 Å². The number of aromatic amines is 1. The van der Waals surface area contributed by atoms with E-state index in [1.54, 1.807) is 16.8 Å². The number of imidazole rings is 1. The highest BCUT2D eigenvalue weighted by atomic mass is 19.1. The first-order valence-electron chi connectivity index (χ1n) is 10.4. The summed E-state index contributed by atoms with van der Waals surface area (Å²) in [6.07, 6.45) is 3.49. The third-order valence-electron chi connectivity index (χ3n) is 5.69. The molecule has 0 amide bonds.